The van der Waals surface area contributed by atoms with Crippen molar-refractivity contribution in [3.63, 3.8) is 0 Å². The van der Waals surface area contributed by atoms with E-state index in [4.69, 9.17) is 4.74 Å². The van der Waals surface area contributed by atoms with Gasteiger partial charge >= 0.3 is 0 Å². The van der Waals surface area contributed by atoms with Crippen LogP contribution in [-0.2, 0) is 15.6 Å². The molecule has 0 spiro atoms. The van der Waals surface area contributed by atoms with Gasteiger partial charge in [-0.15, -0.1) is 0 Å². The van der Waals surface area contributed by atoms with Crippen LogP contribution >= 0.6 is 15.9 Å². The quantitative estimate of drug-likeness (QED) is 0.932. The van der Waals surface area contributed by atoms with E-state index in [1.165, 1.54) is 19.5 Å². The number of nitrogens with one attached hydrogen (secondary N) is 1. The number of methoxy groups -OCH3 is 1. The molecule has 0 fully saturated rings. The summed E-state index contributed by atoms with van der Waals surface area (Å²) in [5, 5.41) is -0.0375. The Hall–Kier alpha value is -1.34. The highest BCUT2D eigenvalue weighted by Gasteiger charge is 2.20. The summed E-state index contributed by atoms with van der Waals surface area (Å²) in [6.45, 7) is 0. The summed E-state index contributed by atoms with van der Waals surface area (Å²) < 4.78 is 30.1. The molecule has 5 nitrogen and oxygen atoms in total. The summed E-state index contributed by atoms with van der Waals surface area (Å²) in [7, 11) is -1.98. The molecule has 0 aliphatic heterocycles. The highest BCUT2D eigenvalue weighted by Crippen LogP contribution is 2.26. The maximum Gasteiger partial charge on any atom is 0.225 e. The van der Waals surface area contributed by atoms with Crippen molar-refractivity contribution >= 4 is 25.8 Å². The third-order valence-corrected chi connectivity index (χ3v) is 4.35. The van der Waals surface area contributed by atoms with E-state index in [2.05, 4.69) is 25.9 Å². The number of imidazole rings is 1. The van der Waals surface area contributed by atoms with Crippen LogP contribution in [0.1, 0.15) is 5.56 Å². The number of benzene rings is 1. The third-order valence-electron chi connectivity index (χ3n) is 2.36. The van der Waals surface area contributed by atoms with Crippen molar-refractivity contribution in [2.24, 2.45) is 0 Å². The van der Waals surface area contributed by atoms with Crippen molar-refractivity contribution in [2.75, 3.05) is 7.11 Å². The molecule has 1 heterocycles. The molecule has 0 bridgehead atoms. The Labute approximate surface area is 113 Å². The van der Waals surface area contributed by atoms with Crippen molar-refractivity contribution in [1.29, 1.82) is 0 Å². The van der Waals surface area contributed by atoms with Gasteiger partial charge in [0.25, 0.3) is 0 Å². The van der Waals surface area contributed by atoms with Crippen LogP contribution in [0.5, 0.6) is 5.75 Å². The number of aromatic amines is 1. The molecule has 0 amide bonds. The van der Waals surface area contributed by atoms with E-state index in [0.29, 0.717) is 11.3 Å². The topological polar surface area (TPSA) is 72.1 Å². The largest absolute Gasteiger partial charge is 0.496 e. The minimum atomic E-state index is -3.49. The summed E-state index contributed by atoms with van der Waals surface area (Å²) in [5.41, 5.74) is 0.586. The van der Waals surface area contributed by atoms with Gasteiger partial charge in [0.15, 0.2) is 0 Å². The number of sulfone groups is 1. The Morgan fingerprint density at radius 1 is 1.44 bits per heavy atom. The average Bonchev–Trinajstić information content (AvgIpc) is 2.83. The smallest absolute Gasteiger partial charge is 0.225 e. The molecule has 0 aliphatic rings. The number of hydrogen-bond acceptors (Lipinski definition) is 4. The van der Waals surface area contributed by atoms with Crippen LogP contribution in [-0.4, -0.2) is 25.5 Å². The van der Waals surface area contributed by atoms with Gasteiger partial charge in [-0.1, -0.05) is 15.9 Å². The normalized spacial score (nSPS) is 11.4. The van der Waals surface area contributed by atoms with Gasteiger partial charge in [-0.3, -0.25) is 0 Å². The van der Waals surface area contributed by atoms with Gasteiger partial charge in [-0.25, -0.2) is 13.4 Å². The summed E-state index contributed by atoms with van der Waals surface area (Å²) in [6.07, 6.45) is 2.88. The first-order valence-electron chi connectivity index (χ1n) is 5.07. The SMILES string of the molecule is COc1ccc(Br)cc1CS(=O)(=O)c1ncc[nH]1. The van der Waals surface area contributed by atoms with E-state index in [9.17, 15) is 8.42 Å². The Kier molecular flexibility index (Phi) is 3.72. The molecule has 0 unspecified atom stereocenters. The first-order chi connectivity index (χ1) is 8.53. The van der Waals surface area contributed by atoms with Crippen molar-refractivity contribution in [2.45, 2.75) is 10.9 Å². The van der Waals surface area contributed by atoms with Crippen molar-refractivity contribution in [3.05, 3.63) is 40.6 Å². The number of ether oxygens (including phenoxy) is 1. The molecule has 18 heavy (non-hydrogen) atoms. The highest BCUT2D eigenvalue weighted by atomic mass is 79.9. The Morgan fingerprint density at radius 3 is 2.83 bits per heavy atom. The molecule has 0 saturated carbocycles. The van der Waals surface area contributed by atoms with Gasteiger partial charge in [0.05, 0.1) is 12.9 Å². The summed E-state index contributed by atoms with van der Waals surface area (Å²) >= 11 is 3.31. The molecule has 7 heteroatoms. The molecule has 96 valence electrons. The maximum absolute atomic E-state index is 12.1. The lowest BCUT2D eigenvalue weighted by Crippen LogP contribution is -2.08. The van der Waals surface area contributed by atoms with Crippen molar-refractivity contribution in [1.82, 2.24) is 9.97 Å². The lowest BCUT2D eigenvalue weighted by molar-refractivity contribution is 0.411. The Bertz CT molecular complexity index is 638. The maximum atomic E-state index is 12.1. The first kappa shape index (κ1) is 13.1. The van der Waals surface area contributed by atoms with E-state index >= 15 is 0 Å². The third kappa shape index (κ3) is 2.73. The second-order valence-electron chi connectivity index (χ2n) is 3.61. The number of rotatable bonds is 4. The van der Waals surface area contributed by atoms with Crippen LogP contribution in [0, 0.1) is 0 Å². The lowest BCUT2D eigenvalue weighted by Gasteiger charge is -2.08. The average molecular weight is 331 g/mol. The Morgan fingerprint density at radius 2 is 2.22 bits per heavy atom. The molecule has 1 aromatic heterocycles. The van der Waals surface area contributed by atoms with E-state index in [0.717, 1.165) is 4.47 Å². The molecule has 1 N–H and O–H groups in total. The second kappa shape index (κ2) is 5.11. The number of hydrogen-bond donors (Lipinski definition) is 1. The van der Waals surface area contributed by atoms with Gasteiger partial charge in [-0.05, 0) is 18.2 Å². The molecule has 0 radical (unpaired) electrons. The molecule has 0 aliphatic carbocycles. The predicted octanol–water partition coefficient (Wildman–Crippen LogP) is 2.15. The highest BCUT2D eigenvalue weighted by molar-refractivity contribution is 9.10. The van der Waals surface area contributed by atoms with Crippen LogP contribution in [0.3, 0.4) is 0 Å². The lowest BCUT2D eigenvalue weighted by atomic mass is 10.2. The van der Waals surface area contributed by atoms with Crippen molar-refractivity contribution < 1.29 is 13.2 Å². The summed E-state index contributed by atoms with van der Waals surface area (Å²) in [5.74, 6) is 0.372. The van der Waals surface area contributed by atoms with Crippen LogP contribution in [0.2, 0.25) is 0 Å². The molecule has 2 aromatic rings. The minimum absolute atomic E-state index is 0.0375. The monoisotopic (exact) mass is 330 g/mol. The fourth-order valence-electron chi connectivity index (χ4n) is 1.55. The van der Waals surface area contributed by atoms with E-state index in [1.54, 1.807) is 18.2 Å². The zero-order chi connectivity index (χ0) is 13.2. The molecule has 0 saturated heterocycles. The molecule has 2 rings (SSSR count). The zero-order valence-corrected chi connectivity index (χ0v) is 12.0. The number of H-pyrrole nitrogens is 1. The zero-order valence-electron chi connectivity index (χ0n) is 9.55. The molecular weight excluding hydrogens is 320 g/mol. The fourth-order valence-corrected chi connectivity index (χ4v) is 3.20. The number of aromatic nitrogens is 2. The van der Waals surface area contributed by atoms with Crippen LogP contribution in [0.25, 0.3) is 0 Å². The van der Waals surface area contributed by atoms with E-state index < -0.39 is 9.84 Å². The first-order valence-corrected chi connectivity index (χ1v) is 7.52. The van der Waals surface area contributed by atoms with E-state index in [-0.39, 0.29) is 10.9 Å². The van der Waals surface area contributed by atoms with Crippen LogP contribution < -0.4 is 4.74 Å². The molecule has 1 aromatic carbocycles. The predicted molar refractivity (Wildman–Crippen MR) is 70.2 cm³/mol. The Balaban J connectivity index is 2.37. The van der Waals surface area contributed by atoms with Crippen LogP contribution in [0.4, 0.5) is 0 Å². The second-order valence-corrected chi connectivity index (χ2v) is 6.43. The summed E-state index contributed by atoms with van der Waals surface area (Å²) in [4.78, 5) is 6.36. The van der Waals surface area contributed by atoms with Gasteiger partial charge in [0.1, 0.15) is 5.75 Å². The van der Waals surface area contributed by atoms with Crippen molar-refractivity contribution in [3.8, 4) is 5.75 Å². The van der Waals surface area contributed by atoms with Gasteiger partial charge in [-0.2, -0.15) is 0 Å². The minimum Gasteiger partial charge on any atom is -0.496 e. The number of halogens is 1. The van der Waals surface area contributed by atoms with Gasteiger partial charge in [0.2, 0.25) is 15.0 Å². The van der Waals surface area contributed by atoms with E-state index in [1.807, 2.05) is 0 Å². The molecule has 0 atom stereocenters. The standard InChI is InChI=1S/C11H11BrN2O3S/c1-17-10-3-2-9(12)6-8(10)7-18(15,16)11-13-4-5-14-11/h2-6H,7H2,1H3,(H,13,14). The number of nitrogens with zero attached hydrogens (tertiary/aromatic N) is 1. The summed E-state index contributed by atoms with van der Waals surface area (Å²) in [6, 6.07) is 5.23. The fraction of sp³-hybridized carbons (Fsp3) is 0.182. The van der Waals surface area contributed by atoms with Gasteiger partial charge < -0.3 is 9.72 Å². The molecular formula is C11H11BrN2O3S. The van der Waals surface area contributed by atoms with Gasteiger partial charge in [0, 0.05) is 22.4 Å². The van der Waals surface area contributed by atoms with Crippen LogP contribution in [0.15, 0.2) is 40.2 Å².